The van der Waals surface area contributed by atoms with Gasteiger partial charge in [-0.3, -0.25) is 5.41 Å². The van der Waals surface area contributed by atoms with Crippen molar-refractivity contribution in [1.29, 1.82) is 10.7 Å². The summed E-state index contributed by atoms with van der Waals surface area (Å²) < 4.78 is 10.5. The minimum atomic E-state index is -0.659. The maximum absolute atomic E-state index is 9.38. The third kappa shape index (κ3) is 1.79. The van der Waals surface area contributed by atoms with Crippen LogP contribution in [0.1, 0.15) is 36.1 Å². The van der Waals surface area contributed by atoms with E-state index >= 15 is 0 Å². The van der Waals surface area contributed by atoms with Crippen molar-refractivity contribution in [2.24, 2.45) is 5.92 Å². The molecule has 1 aliphatic rings. The quantitative estimate of drug-likeness (QED) is 0.895. The van der Waals surface area contributed by atoms with Crippen molar-refractivity contribution in [2.75, 3.05) is 0 Å². The Labute approximate surface area is 115 Å². The average Bonchev–Trinajstić information content (AvgIpc) is 3.08. The largest absolute Gasteiger partial charge is 0.472 e. The summed E-state index contributed by atoms with van der Waals surface area (Å²) in [7, 11) is 0. The maximum atomic E-state index is 9.38. The topological polar surface area (TPSA) is 98.7 Å². The molecule has 0 spiro atoms. The van der Waals surface area contributed by atoms with Gasteiger partial charge in [-0.25, -0.2) is 5.10 Å². The lowest BCUT2D eigenvalue weighted by Crippen LogP contribution is -2.30. The molecule has 0 aromatic carbocycles. The minimum Gasteiger partial charge on any atom is -0.472 e. The monoisotopic (exact) mass is 270 g/mol. The van der Waals surface area contributed by atoms with Gasteiger partial charge >= 0.3 is 0 Å². The highest BCUT2D eigenvalue weighted by atomic mass is 16.5. The fourth-order valence-corrected chi connectivity index (χ4v) is 2.63. The lowest BCUT2D eigenvalue weighted by Gasteiger charge is -2.27. The molecule has 6 heteroatoms. The van der Waals surface area contributed by atoms with Crippen molar-refractivity contribution in [3.05, 3.63) is 35.4 Å². The molecule has 0 saturated heterocycles. The van der Waals surface area contributed by atoms with Crippen LogP contribution in [0.5, 0.6) is 5.88 Å². The molecule has 3 rings (SSSR count). The molecular formula is C14H14N4O2. The molecule has 2 atom stereocenters. The molecule has 0 aliphatic carbocycles. The van der Waals surface area contributed by atoms with E-state index in [1.54, 1.807) is 12.5 Å². The second kappa shape index (κ2) is 4.85. The van der Waals surface area contributed by atoms with Gasteiger partial charge in [-0.15, -0.1) is 0 Å². The zero-order valence-electron chi connectivity index (χ0n) is 11.0. The number of ether oxygens (including phenoxy) is 1. The lowest BCUT2D eigenvalue weighted by molar-refractivity contribution is 0.434. The molecule has 0 bridgehead atoms. The molecule has 1 aliphatic heterocycles. The highest BCUT2D eigenvalue weighted by Crippen LogP contribution is 2.43. The minimum absolute atomic E-state index is 0.0575. The lowest BCUT2D eigenvalue weighted by atomic mass is 9.80. The molecular weight excluding hydrogens is 256 g/mol. The van der Waals surface area contributed by atoms with Crippen molar-refractivity contribution in [3.63, 3.8) is 0 Å². The number of hydrogen-bond acceptors (Lipinski definition) is 5. The first-order chi connectivity index (χ1) is 9.76. The van der Waals surface area contributed by atoms with Crippen molar-refractivity contribution in [3.8, 4) is 11.9 Å². The normalized spacial score (nSPS) is 21.1. The number of nitriles is 1. The van der Waals surface area contributed by atoms with Crippen molar-refractivity contribution >= 4 is 5.90 Å². The van der Waals surface area contributed by atoms with Crippen LogP contribution in [0.25, 0.3) is 0 Å². The van der Waals surface area contributed by atoms with Crippen LogP contribution in [0.15, 0.2) is 23.0 Å². The number of aromatic amines is 1. The number of hydrogen-bond donors (Lipinski definition) is 2. The number of aryl methyl sites for hydroxylation is 1. The predicted molar refractivity (Wildman–Crippen MR) is 70.6 cm³/mol. The van der Waals surface area contributed by atoms with Gasteiger partial charge in [-0.1, -0.05) is 13.3 Å². The first-order valence-electron chi connectivity index (χ1n) is 6.51. The number of nitrogens with zero attached hydrogens (tertiary/aromatic N) is 2. The van der Waals surface area contributed by atoms with Gasteiger partial charge in [-0.2, -0.15) is 10.4 Å². The third-order valence-electron chi connectivity index (χ3n) is 3.51. The van der Waals surface area contributed by atoms with Gasteiger partial charge in [0.1, 0.15) is 5.92 Å². The highest BCUT2D eigenvalue weighted by molar-refractivity contribution is 5.84. The van der Waals surface area contributed by atoms with Gasteiger partial charge in [-0.05, 0) is 18.1 Å². The summed E-state index contributed by atoms with van der Waals surface area (Å²) in [5, 5.41) is 24.4. The third-order valence-corrected chi connectivity index (χ3v) is 3.51. The van der Waals surface area contributed by atoms with Gasteiger partial charge in [0.25, 0.3) is 0 Å². The summed E-state index contributed by atoms with van der Waals surface area (Å²) >= 11 is 0. The standard InChI is InChI=1S/C14H14N4O2/c1-2-3-10-12-11(8-4-5-19-7-8)9(6-15)13(16)20-14(12)18-17-10/h4-5,7,9,11,16H,2-3H2,1H3,(H,17,18)/t9?,11-/m0/s1. The van der Waals surface area contributed by atoms with Gasteiger partial charge < -0.3 is 9.15 Å². The van der Waals surface area contributed by atoms with Crippen molar-refractivity contribution < 1.29 is 9.15 Å². The Morgan fingerprint density at radius 1 is 1.55 bits per heavy atom. The second-order valence-corrected chi connectivity index (χ2v) is 4.77. The molecule has 1 unspecified atom stereocenters. The van der Waals surface area contributed by atoms with Gasteiger partial charge in [0, 0.05) is 11.5 Å². The molecule has 0 saturated carbocycles. The van der Waals surface area contributed by atoms with Crippen LogP contribution < -0.4 is 4.74 Å². The van der Waals surface area contributed by atoms with E-state index in [1.165, 1.54) is 0 Å². The number of aromatic nitrogens is 2. The molecule has 2 N–H and O–H groups in total. The van der Waals surface area contributed by atoms with Crippen molar-refractivity contribution in [1.82, 2.24) is 10.2 Å². The summed E-state index contributed by atoms with van der Waals surface area (Å²) in [5.41, 5.74) is 2.63. The summed E-state index contributed by atoms with van der Waals surface area (Å²) in [6.45, 7) is 2.07. The second-order valence-electron chi connectivity index (χ2n) is 4.77. The molecule has 3 heterocycles. The number of rotatable bonds is 3. The number of furan rings is 1. The molecule has 2 aromatic rings. The van der Waals surface area contributed by atoms with E-state index < -0.39 is 5.92 Å². The Kier molecular flexibility index (Phi) is 3.03. The molecule has 6 nitrogen and oxygen atoms in total. The fraction of sp³-hybridized carbons (Fsp3) is 0.357. The Bertz CT molecular complexity index is 666. The van der Waals surface area contributed by atoms with E-state index in [0.717, 1.165) is 29.7 Å². The number of nitrogens with one attached hydrogen (secondary N) is 2. The van der Waals surface area contributed by atoms with Crippen LogP contribution in [0, 0.1) is 22.7 Å². The zero-order chi connectivity index (χ0) is 14.1. The molecule has 0 fully saturated rings. The molecule has 0 amide bonds. The van der Waals surface area contributed by atoms with Crippen molar-refractivity contribution in [2.45, 2.75) is 25.7 Å². The van der Waals surface area contributed by atoms with Gasteiger partial charge in [0.2, 0.25) is 11.8 Å². The summed E-state index contributed by atoms with van der Waals surface area (Å²) in [4.78, 5) is 0. The molecule has 2 aromatic heterocycles. The highest BCUT2D eigenvalue weighted by Gasteiger charge is 2.40. The maximum Gasteiger partial charge on any atom is 0.221 e. The van der Waals surface area contributed by atoms with Crippen LogP contribution in [-0.4, -0.2) is 16.1 Å². The fourth-order valence-electron chi connectivity index (χ4n) is 2.63. The Hall–Kier alpha value is -2.55. The Morgan fingerprint density at radius 2 is 2.40 bits per heavy atom. The van der Waals surface area contributed by atoms with E-state index in [-0.39, 0.29) is 11.8 Å². The summed E-state index contributed by atoms with van der Waals surface area (Å²) in [6, 6.07) is 3.98. The van der Waals surface area contributed by atoms with Crippen LogP contribution in [0.2, 0.25) is 0 Å². The van der Waals surface area contributed by atoms with Crippen LogP contribution >= 0.6 is 0 Å². The van der Waals surface area contributed by atoms with E-state index in [0.29, 0.717) is 5.88 Å². The van der Waals surface area contributed by atoms with E-state index in [4.69, 9.17) is 14.6 Å². The first-order valence-corrected chi connectivity index (χ1v) is 6.51. The molecule has 102 valence electrons. The summed E-state index contributed by atoms with van der Waals surface area (Å²) in [6.07, 6.45) is 4.93. The smallest absolute Gasteiger partial charge is 0.221 e. The van der Waals surface area contributed by atoms with Crippen LogP contribution in [0.3, 0.4) is 0 Å². The Balaban J connectivity index is 2.16. The zero-order valence-corrected chi connectivity index (χ0v) is 11.0. The Morgan fingerprint density at radius 3 is 3.05 bits per heavy atom. The van der Waals surface area contributed by atoms with Crippen LogP contribution in [0.4, 0.5) is 0 Å². The average molecular weight is 270 g/mol. The van der Waals surface area contributed by atoms with Gasteiger partial charge in [0.05, 0.1) is 24.3 Å². The SMILES string of the molecule is CCCc1n[nH]c2c1[C@@H](c1ccoc1)C(C#N)C(=N)O2. The van der Waals surface area contributed by atoms with Crippen LogP contribution in [-0.2, 0) is 6.42 Å². The van der Waals surface area contributed by atoms with E-state index in [1.807, 2.05) is 6.07 Å². The summed E-state index contributed by atoms with van der Waals surface area (Å²) in [5.74, 6) is -0.516. The molecule has 0 radical (unpaired) electrons. The predicted octanol–water partition coefficient (Wildman–Crippen LogP) is 2.60. The number of H-pyrrole nitrogens is 1. The number of fused-ring (bicyclic) bond motifs is 1. The molecule has 20 heavy (non-hydrogen) atoms. The van der Waals surface area contributed by atoms with Gasteiger partial charge in [0.15, 0.2) is 0 Å². The van der Waals surface area contributed by atoms with E-state index in [2.05, 4.69) is 23.2 Å². The van der Waals surface area contributed by atoms with E-state index in [9.17, 15) is 5.26 Å². The first kappa shape index (κ1) is 12.5.